The van der Waals surface area contributed by atoms with Crippen LogP contribution < -0.4 is 5.32 Å². The first kappa shape index (κ1) is 13.1. The van der Waals surface area contributed by atoms with E-state index in [9.17, 15) is 4.39 Å². The normalized spacial score (nSPS) is 10.6. The van der Waals surface area contributed by atoms with Gasteiger partial charge in [0.2, 0.25) is 0 Å². The van der Waals surface area contributed by atoms with Crippen LogP contribution in [0.15, 0.2) is 35.1 Å². The molecule has 3 nitrogen and oxygen atoms in total. The number of aryl methyl sites for hydroxylation is 1. The molecule has 0 amide bonds. The Kier molecular flexibility index (Phi) is 4.36. The Labute approximate surface area is 114 Å². The molecule has 1 N–H and O–H groups in total. The number of halogens is 2. The molecule has 0 radical (unpaired) electrons. The summed E-state index contributed by atoms with van der Waals surface area (Å²) in [7, 11) is 0. The molecule has 5 heteroatoms. The summed E-state index contributed by atoms with van der Waals surface area (Å²) in [6.07, 6.45) is 4.89. The van der Waals surface area contributed by atoms with E-state index in [0.29, 0.717) is 6.54 Å². The van der Waals surface area contributed by atoms with Crippen LogP contribution in [0.2, 0.25) is 0 Å². The van der Waals surface area contributed by atoms with E-state index >= 15 is 0 Å². The van der Waals surface area contributed by atoms with E-state index in [2.05, 4.69) is 33.3 Å². The fourth-order valence-electron chi connectivity index (χ4n) is 1.68. The Hall–Kier alpha value is -1.36. The maximum atomic E-state index is 13.1. The highest BCUT2D eigenvalue weighted by atomic mass is 79.9. The number of nitrogens with zero attached hydrogens (tertiary/aromatic N) is 2. The zero-order valence-corrected chi connectivity index (χ0v) is 11.7. The van der Waals surface area contributed by atoms with Gasteiger partial charge in [0, 0.05) is 29.3 Å². The molecule has 0 aliphatic heterocycles. The summed E-state index contributed by atoms with van der Waals surface area (Å²) in [6, 6.07) is 4.59. The molecule has 0 bridgehead atoms. The van der Waals surface area contributed by atoms with Crippen molar-refractivity contribution >= 4 is 21.6 Å². The van der Waals surface area contributed by atoms with Gasteiger partial charge < -0.3 is 5.32 Å². The van der Waals surface area contributed by atoms with Crippen LogP contribution >= 0.6 is 15.9 Å². The zero-order chi connectivity index (χ0) is 13.0. The molecule has 0 aliphatic carbocycles. The highest BCUT2D eigenvalue weighted by molar-refractivity contribution is 9.10. The van der Waals surface area contributed by atoms with Gasteiger partial charge in [0.15, 0.2) is 0 Å². The molecule has 1 heterocycles. The average Bonchev–Trinajstić information content (AvgIpc) is 2.79. The van der Waals surface area contributed by atoms with Gasteiger partial charge in [-0.3, -0.25) is 4.68 Å². The van der Waals surface area contributed by atoms with Gasteiger partial charge in [-0.15, -0.1) is 0 Å². The van der Waals surface area contributed by atoms with Gasteiger partial charge in [-0.25, -0.2) is 4.39 Å². The quantitative estimate of drug-likeness (QED) is 0.910. The summed E-state index contributed by atoms with van der Waals surface area (Å²) in [5, 5.41) is 7.43. The molecule has 18 heavy (non-hydrogen) atoms. The molecule has 0 saturated heterocycles. The van der Waals surface area contributed by atoms with Crippen molar-refractivity contribution < 1.29 is 4.39 Å². The number of benzene rings is 1. The smallest absolute Gasteiger partial charge is 0.125 e. The third-order valence-corrected chi connectivity index (χ3v) is 3.24. The monoisotopic (exact) mass is 311 g/mol. The lowest BCUT2D eigenvalue weighted by atomic mass is 10.3. The molecule has 96 valence electrons. The van der Waals surface area contributed by atoms with Crippen LogP contribution in [0, 0.1) is 5.82 Å². The molecular weight excluding hydrogens is 297 g/mol. The zero-order valence-electron chi connectivity index (χ0n) is 10.2. The number of aromatic nitrogens is 2. The van der Waals surface area contributed by atoms with Crippen molar-refractivity contribution in [3.8, 4) is 0 Å². The van der Waals surface area contributed by atoms with E-state index in [-0.39, 0.29) is 5.82 Å². The van der Waals surface area contributed by atoms with Crippen molar-refractivity contribution in [3.05, 3.63) is 46.4 Å². The minimum absolute atomic E-state index is 0.248. The third kappa shape index (κ3) is 3.32. The lowest BCUT2D eigenvalue weighted by molar-refractivity contribution is 0.602. The van der Waals surface area contributed by atoms with E-state index in [1.165, 1.54) is 12.1 Å². The maximum absolute atomic E-state index is 13.1. The molecule has 1 aromatic heterocycles. The van der Waals surface area contributed by atoms with Crippen molar-refractivity contribution in [1.82, 2.24) is 9.78 Å². The van der Waals surface area contributed by atoms with Gasteiger partial charge in [0.1, 0.15) is 5.82 Å². The summed E-state index contributed by atoms with van der Waals surface area (Å²) >= 11 is 3.38. The molecule has 0 fully saturated rings. The molecule has 0 spiro atoms. The first-order chi connectivity index (χ1) is 8.69. The van der Waals surface area contributed by atoms with Gasteiger partial charge in [-0.1, -0.05) is 6.92 Å². The summed E-state index contributed by atoms with van der Waals surface area (Å²) in [6.45, 7) is 3.67. The van der Waals surface area contributed by atoms with E-state index in [0.717, 1.165) is 28.7 Å². The van der Waals surface area contributed by atoms with Gasteiger partial charge in [-0.05, 0) is 40.5 Å². The molecule has 0 atom stereocenters. The van der Waals surface area contributed by atoms with E-state index in [1.807, 2.05) is 17.1 Å². The molecule has 0 saturated carbocycles. The number of hydrogen-bond acceptors (Lipinski definition) is 2. The lowest BCUT2D eigenvalue weighted by Crippen LogP contribution is -2.00. The van der Waals surface area contributed by atoms with Gasteiger partial charge in [0.05, 0.1) is 11.9 Å². The minimum atomic E-state index is -0.248. The topological polar surface area (TPSA) is 29.9 Å². The SMILES string of the molecule is CCCn1cc(CNc2cc(F)ccc2Br)cn1. The second-order valence-electron chi connectivity index (χ2n) is 4.09. The molecular formula is C13H15BrFN3. The Morgan fingerprint density at radius 2 is 2.28 bits per heavy atom. The second-order valence-corrected chi connectivity index (χ2v) is 4.94. The summed E-state index contributed by atoms with van der Waals surface area (Å²) in [5.74, 6) is -0.248. The fourth-order valence-corrected chi connectivity index (χ4v) is 2.07. The van der Waals surface area contributed by atoms with Crippen LogP contribution in [0.5, 0.6) is 0 Å². The van der Waals surface area contributed by atoms with Gasteiger partial charge in [0.25, 0.3) is 0 Å². The van der Waals surface area contributed by atoms with Crippen molar-refractivity contribution in [2.45, 2.75) is 26.4 Å². The van der Waals surface area contributed by atoms with E-state index in [4.69, 9.17) is 0 Å². The highest BCUT2D eigenvalue weighted by Crippen LogP contribution is 2.23. The Balaban J connectivity index is 1.99. The van der Waals surface area contributed by atoms with Gasteiger partial charge in [-0.2, -0.15) is 5.10 Å². The van der Waals surface area contributed by atoms with Gasteiger partial charge >= 0.3 is 0 Å². The Morgan fingerprint density at radius 1 is 1.44 bits per heavy atom. The number of anilines is 1. The molecule has 0 unspecified atom stereocenters. The predicted octanol–water partition coefficient (Wildman–Crippen LogP) is 3.81. The highest BCUT2D eigenvalue weighted by Gasteiger charge is 2.03. The van der Waals surface area contributed by atoms with Crippen LogP contribution in [0.25, 0.3) is 0 Å². The van der Waals surface area contributed by atoms with E-state index in [1.54, 1.807) is 6.07 Å². The fraction of sp³-hybridized carbons (Fsp3) is 0.308. The molecule has 2 aromatic rings. The summed E-state index contributed by atoms with van der Waals surface area (Å²) in [4.78, 5) is 0. The largest absolute Gasteiger partial charge is 0.380 e. The number of hydrogen-bond donors (Lipinski definition) is 1. The predicted molar refractivity (Wildman–Crippen MR) is 73.9 cm³/mol. The van der Waals surface area contributed by atoms with E-state index < -0.39 is 0 Å². The van der Waals surface area contributed by atoms with Crippen molar-refractivity contribution in [2.24, 2.45) is 0 Å². The van der Waals surface area contributed by atoms with Crippen LogP contribution in [0.1, 0.15) is 18.9 Å². The first-order valence-electron chi connectivity index (χ1n) is 5.89. The Bertz CT molecular complexity index is 525. The van der Waals surface area contributed by atoms with Crippen molar-refractivity contribution in [1.29, 1.82) is 0 Å². The maximum Gasteiger partial charge on any atom is 0.125 e. The summed E-state index contributed by atoms with van der Waals surface area (Å²) < 4.78 is 15.9. The van der Waals surface area contributed by atoms with Crippen molar-refractivity contribution in [3.63, 3.8) is 0 Å². The third-order valence-electron chi connectivity index (χ3n) is 2.55. The molecule has 0 aliphatic rings. The lowest BCUT2D eigenvalue weighted by Gasteiger charge is -2.07. The number of nitrogens with one attached hydrogen (secondary N) is 1. The first-order valence-corrected chi connectivity index (χ1v) is 6.68. The van der Waals surface area contributed by atoms with Crippen LogP contribution in [0.3, 0.4) is 0 Å². The van der Waals surface area contributed by atoms with Crippen LogP contribution in [-0.4, -0.2) is 9.78 Å². The van der Waals surface area contributed by atoms with Crippen LogP contribution in [0.4, 0.5) is 10.1 Å². The second kappa shape index (κ2) is 6.00. The molecule has 1 aromatic carbocycles. The average molecular weight is 312 g/mol. The summed E-state index contributed by atoms with van der Waals surface area (Å²) in [5.41, 5.74) is 1.83. The molecule has 2 rings (SSSR count). The number of rotatable bonds is 5. The Morgan fingerprint density at radius 3 is 3.06 bits per heavy atom. The minimum Gasteiger partial charge on any atom is -0.380 e. The van der Waals surface area contributed by atoms with Crippen LogP contribution in [-0.2, 0) is 13.1 Å². The van der Waals surface area contributed by atoms with Crippen molar-refractivity contribution in [2.75, 3.05) is 5.32 Å². The standard InChI is InChI=1S/C13H15BrFN3/c1-2-5-18-9-10(8-17-18)7-16-13-6-11(15)3-4-12(13)14/h3-4,6,8-9,16H,2,5,7H2,1H3.